The summed E-state index contributed by atoms with van der Waals surface area (Å²) in [6.07, 6.45) is 6.33. The van der Waals surface area contributed by atoms with Crippen LogP contribution in [0.2, 0.25) is 0 Å². The first-order chi connectivity index (χ1) is 13.0. The maximum absolute atomic E-state index is 12.7. The normalized spacial score (nSPS) is 19.9. The molecule has 2 aliphatic rings. The number of para-hydroxylation sites is 1. The molecular formula is C22H28N4O. The Morgan fingerprint density at radius 1 is 1.19 bits per heavy atom. The van der Waals surface area contributed by atoms with Crippen LogP contribution in [0.15, 0.2) is 42.7 Å². The van der Waals surface area contributed by atoms with Gasteiger partial charge in [-0.15, -0.1) is 0 Å². The number of carbonyl (C=O) groups excluding carboxylic acids is 1. The molecule has 1 N–H and O–H groups in total. The number of likely N-dealkylation sites (tertiary alicyclic amines) is 1. The summed E-state index contributed by atoms with van der Waals surface area (Å²) in [7, 11) is 1.92. The molecular weight excluding hydrogens is 336 g/mol. The number of rotatable bonds is 2. The van der Waals surface area contributed by atoms with Crippen molar-refractivity contribution in [1.29, 1.82) is 0 Å². The first-order valence-corrected chi connectivity index (χ1v) is 9.77. The molecule has 3 heterocycles. The summed E-state index contributed by atoms with van der Waals surface area (Å²) >= 11 is 0. The summed E-state index contributed by atoms with van der Waals surface area (Å²) in [6.45, 7) is 5.73. The monoisotopic (exact) mass is 364 g/mol. The van der Waals surface area contributed by atoms with E-state index in [2.05, 4.69) is 46.4 Å². The van der Waals surface area contributed by atoms with E-state index in [4.69, 9.17) is 0 Å². The number of pyridine rings is 1. The fraction of sp³-hybridized carbons (Fsp3) is 0.455. The van der Waals surface area contributed by atoms with E-state index >= 15 is 0 Å². The van der Waals surface area contributed by atoms with Crippen molar-refractivity contribution in [2.24, 2.45) is 0 Å². The van der Waals surface area contributed by atoms with Crippen molar-refractivity contribution < 1.29 is 4.79 Å². The van der Waals surface area contributed by atoms with Crippen molar-refractivity contribution in [2.75, 3.05) is 25.5 Å². The number of amides is 1. The van der Waals surface area contributed by atoms with Crippen LogP contribution in [-0.2, 0) is 17.9 Å². The Morgan fingerprint density at radius 2 is 1.96 bits per heavy atom. The van der Waals surface area contributed by atoms with E-state index in [1.54, 1.807) is 0 Å². The minimum Gasteiger partial charge on any atom is -0.379 e. The van der Waals surface area contributed by atoms with Gasteiger partial charge in [-0.2, -0.15) is 0 Å². The quantitative estimate of drug-likeness (QED) is 0.889. The number of aryl methyl sites for hydroxylation is 1. The molecule has 0 bridgehead atoms. The Labute approximate surface area is 161 Å². The Hall–Kier alpha value is -2.40. The van der Waals surface area contributed by atoms with Crippen LogP contribution in [0, 0.1) is 6.92 Å². The van der Waals surface area contributed by atoms with Gasteiger partial charge in [-0.1, -0.05) is 18.2 Å². The third kappa shape index (κ3) is 3.83. The van der Waals surface area contributed by atoms with Crippen molar-refractivity contribution in [3.05, 3.63) is 59.4 Å². The summed E-state index contributed by atoms with van der Waals surface area (Å²) in [4.78, 5) is 21.3. The smallest absolute Gasteiger partial charge is 0.224 e. The minimum atomic E-state index is -0.147. The van der Waals surface area contributed by atoms with Crippen LogP contribution < -0.4 is 5.32 Å². The fourth-order valence-electron chi connectivity index (χ4n) is 4.24. The van der Waals surface area contributed by atoms with Crippen molar-refractivity contribution >= 4 is 11.6 Å². The standard InChI is InChI=1S/C22H28N4O/c1-17-14-23-10-7-18(17)16-26-11-8-22(9-12-26)13-21(27)25(2)15-19-5-3-4-6-20(19)24-22/h3-7,10,14,24H,8-9,11-13,15-16H2,1-2H3. The van der Waals surface area contributed by atoms with E-state index < -0.39 is 0 Å². The zero-order valence-corrected chi connectivity index (χ0v) is 16.2. The maximum atomic E-state index is 12.7. The van der Waals surface area contributed by atoms with Crippen LogP contribution in [0.25, 0.3) is 0 Å². The lowest BCUT2D eigenvalue weighted by Gasteiger charge is -2.45. The molecule has 142 valence electrons. The summed E-state index contributed by atoms with van der Waals surface area (Å²) in [5.41, 5.74) is 4.81. The molecule has 4 rings (SSSR count). The van der Waals surface area contributed by atoms with Gasteiger partial charge in [0.1, 0.15) is 0 Å². The fourth-order valence-corrected chi connectivity index (χ4v) is 4.24. The number of piperidine rings is 1. The van der Waals surface area contributed by atoms with Crippen LogP contribution >= 0.6 is 0 Å². The Kier molecular flexibility index (Phi) is 4.87. The molecule has 1 aromatic heterocycles. The molecule has 1 spiro atoms. The van der Waals surface area contributed by atoms with Crippen molar-refractivity contribution in [3.63, 3.8) is 0 Å². The molecule has 0 unspecified atom stereocenters. The number of hydrogen-bond acceptors (Lipinski definition) is 4. The number of anilines is 1. The van der Waals surface area contributed by atoms with Gasteiger partial charge in [0.15, 0.2) is 0 Å². The van der Waals surface area contributed by atoms with Crippen LogP contribution in [0.5, 0.6) is 0 Å². The highest BCUT2D eigenvalue weighted by Crippen LogP contribution is 2.34. The van der Waals surface area contributed by atoms with Gasteiger partial charge in [0.2, 0.25) is 5.91 Å². The molecule has 1 aromatic carbocycles. The van der Waals surface area contributed by atoms with Crippen LogP contribution in [0.3, 0.4) is 0 Å². The zero-order chi connectivity index (χ0) is 18.9. The van der Waals surface area contributed by atoms with E-state index in [9.17, 15) is 4.79 Å². The second kappa shape index (κ2) is 7.31. The predicted octanol–water partition coefficient (Wildman–Crippen LogP) is 3.20. The van der Waals surface area contributed by atoms with Crippen LogP contribution in [-0.4, -0.2) is 46.4 Å². The molecule has 0 atom stereocenters. The maximum Gasteiger partial charge on any atom is 0.224 e. The van der Waals surface area contributed by atoms with E-state index in [1.807, 2.05) is 30.4 Å². The minimum absolute atomic E-state index is 0.147. The first kappa shape index (κ1) is 18.0. The third-order valence-electron chi connectivity index (χ3n) is 6.08. The SMILES string of the molecule is Cc1cnccc1CN1CCC2(CC1)CC(=O)N(C)Cc1ccccc1N2. The number of nitrogens with zero attached hydrogens (tertiary/aromatic N) is 3. The number of fused-ring (bicyclic) bond motifs is 1. The number of benzene rings is 1. The van der Waals surface area contributed by atoms with Crippen molar-refractivity contribution in [2.45, 2.75) is 44.8 Å². The molecule has 2 aliphatic heterocycles. The highest BCUT2D eigenvalue weighted by atomic mass is 16.2. The molecule has 5 heteroatoms. The lowest BCUT2D eigenvalue weighted by Crippen LogP contribution is -2.52. The van der Waals surface area contributed by atoms with E-state index in [1.165, 1.54) is 22.4 Å². The molecule has 27 heavy (non-hydrogen) atoms. The lowest BCUT2D eigenvalue weighted by atomic mass is 9.82. The molecule has 0 aliphatic carbocycles. The molecule has 0 saturated carbocycles. The molecule has 0 radical (unpaired) electrons. The van der Waals surface area contributed by atoms with E-state index in [0.29, 0.717) is 13.0 Å². The number of nitrogens with one attached hydrogen (secondary N) is 1. The second-order valence-electron chi connectivity index (χ2n) is 8.07. The van der Waals surface area contributed by atoms with Crippen molar-refractivity contribution in [3.8, 4) is 0 Å². The third-order valence-corrected chi connectivity index (χ3v) is 6.08. The molecule has 5 nitrogen and oxygen atoms in total. The number of hydrogen-bond donors (Lipinski definition) is 1. The molecule has 1 amide bonds. The number of carbonyl (C=O) groups is 1. The van der Waals surface area contributed by atoms with Gasteiger partial charge >= 0.3 is 0 Å². The van der Waals surface area contributed by atoms with E-state index in [0.717, 1.165) is 32.5 Å². The Morgan fingerprint density at radius 3 is 2.74 bits per heavy atom. The van der Waals surface area contributed by atoms with Gasteiger partial charge in [0.25, 0.3) is 0 Å². The molecule has 1 saturated heterocycles. The summed E-state index contributed by atoms with van der Waals surface area (Å²) < 4.78 is 0. The van der Waals surface area contributed by atoms with Gasteiger partial charge in [-0.3, -0.25) is 14.7 Å². The van der Waals surface area contributed by atoms with Gasteiger partial charge < -0.3 is 10.2 Å². The largest absolute Gasteiger partial charge is 0.379 e. The van der Waals surface area contributed by atoms with E-state index in [-0.39, 0.29) is 11.4 Å². The average molecular weight is 364 g/mol. The van der Waals surface area contributed by atoms with Crippen LogP contribution in [0.1, 0.15) is 36.0 Å². The first-order valence-electron chi connectivity index (χ1n) is 9.77. The van der Waals surface area contributed by atoms with Gasteiger partial charge in [0.05, 0.1) is 0 Å². The summed E-state index contributed by atoms with van der Waals surface area (Å²) in [5, 5.41) is 3.78. The average Bonchev–Trinajstić information content (AvgIpc) is 2.66. The molecule has 1 fully saturated rings. The highest BCUT2D eigenvalue weighted by molar-refractivity contribution is 5.79. The summed E-state index contributed by atoms with van der Waals surface area (Å²) in [6, 6.07) is 10.5. The Balaban J connectivity index is 1.51. The highest BCUT2D eigenvalue weighted by Gasteiger charge is 2.38. The lowest BCUT2D eigenvalue weighted by molar-refractivity contribution is -0.132. The predicted molar refractivity (Wildman–Crippen MR) is 107 cm³/mol. The second-order valence-corrected chi connectivity index (χ2v) is 8.07. The Bertz CT molecular complexity index is 827. The van der Waals surface area contributed by atoms with Gasteiger partial charge in [-0.05, 0) is 48.6 Å². The van der Waals surface area contributed by atoms with Crippen LogP contribution in [0.4, 0.5) is 5.69 Å². The van der Waals surface area contributed by atoms with Gasteiger partial charge in [0, 0.05) is 63.3 Å². The topological polar surface area (TPSA) is 48.5 Å². The van der Waals surface area contributed by atoms with Gasteiger partial charge in [-0.25, -0.2) is 0 Å². The summed E-state index contributed by atoms with van der Waals surface area (Å²) in [5.74, 6) is 0.232. The van der Waals surface area contributed by atoms with Crippen molar-refractivity contribution in [1.82, 2.24) is 14.8 Å². The zero-order valence-electron chi connectivity index (χ0n) is 16.2. The number of aromatic nitrogens is 1. The molecule has 2 aromatic rings.